The zero-order valence-electron chi connectivity index (χ0n) is 22.8. The molecule has 6 nitrogen and oxygen atoms in total. The third-order valence-corrected chi connectivity index (χ3v) is 6.71. The third kappa shape index (κ3) is 5.92. The molecule has 0 amide bonds. The molecule has 0 spiro atoms. The molecule has 0 saturated heterocycles. The molecule has 3 aromatic carbocycles. The van der Waals surface area contributed by atoms with Crippen LogP contribution in [0, 0.1) is 5.41 Å². The zero-order valence-corrected chi connectivity index (χ0v) is 24.5. The summed E-state index contributed by atoms with van der Waals surface area (Å²) in [6, 6.07) is 19.0. The predicted octanol–water partition coefficient (Wildman–Crippen LogP) is 6.58. The molecule has 0 fully saturated rings. The second kappa shape index (κ2) is 11.3. The summed E-state index contributed by atoms with van der Waals surface area (Å²) in [6.45, 7) is 12.6. The highest BCUT2D eigenvalue weighted by Crippen LogP contribution is 2.40. The number of hydrogen-bond donors (Lipinski definition) is 3. The molecule has 1 aromatic heterocycles. The van der Waals surface area contributed by atoms with Crippen molar-refractivity contribution in [1.82, 2.24) is 9.13 Å². The number of benzene rings is 3. The van der Waals surface area contributed by atoms with E-state index in [9.17, 15) is 9.90 Å². The van der Waals surface area contributed by atoms with Gasteiger partial charge in [-0.05, 0) is 46.7 Å². The minimum Gasteiger partial charge on any atom is -0.507 e. The molecule has 204 valence electrons. The average molecular weight is 558 g/mol. The Balaban J connectivity index is 0.00000253. The normalized spacial score (nSPS) is 11.6. The second-order valence-corrected chi connectivity index (χ2v) is 11.5. The van der Waals surface area contributed by atoms with Crippen molar-refractivity contribution in [2.75, 3.05) is 5.73 Å². The van der Waals surface area contributed by atoms with E-state index in [0.717, 1.165) is 27.7 Å². The van der Waals surface area contributed by atoms with Gasteiger partial charge in [0.25, 0.3) is 0 Å². The van der Waals surface area contributed by atoms with Crippen molar-refractivity contribution in [3.8, 4) is 5.75 Å². The maximum absolute atomic E-state index is 13.7. The Morgan fingerprint density at radius 3 is 1.82 bits per heavy atom. The summed E-state index contributed by atoms with van der Waals surface area (Å²) in [5.41, 5.74) is 11.1. The van der Waals surface area contributed by atoms with Gasteiger partial charge in [0.15, 0.2) is 5.78 Å². The molecular weight excluding hydrogens is 519 g/mol. The molecule has 1 heterocycles. The van der Waals surface area contributed by atoms with E-state index in [2.05, 4.69) is 0 Å². The van der Waals surface area contributed by atoms with Gasteiger partial charge >= 0.3 is 0 Å². The van der Waals surface area contributed by atoms with Crippen LogP contribution >= 0.6 is 24.8 Å². The SMILES string of the molecule is CC(C)(C)c1cc(C(=O)Cn2c(=N)n(Cc3ccccc3N)c3ccccc32)cc(C(C)(C)C)c1O.Cl.Cl. The fourth-order valence-electron chi connectivity index (χ4n) is 4.64. The number of hydrogen-bond acceptors (Lipinski definition) is 4. The summed E-state index contributed by atoms with van der Waals surface area (Å²) in [7, 11) is 0. The number of phenols is 1. The molecule has 4 rings (SSSR count). The number of para-hydroxylation sites is 3. The molecule has 0 atom stereocenters. The van der Waals surface area contributed by atoms with Gasteiger partial charge in [0.1, 0.15) is 5.75 Å². The van der Waals surface area contributed by atoms with Gasteiger partial charge in [-0.2, -0.15) is 0 Å². The summed E-state index contributed by atoms with van der Waals surface area (Å²) in [5, 5.41) is 20.0. The monoisotopic (exact) mass is 556 g/mol. The average Bonchev–Trinajstić information content (AvgIpc) is 3.05. The molecule has 0 radical (unpaired) electrons. The number of carbonyl (C=O) groups is 1. The molecule has 0 aliphatic rings. The molecule has 4 aromatic rings. The van der Waals surface area contributed by atoms with Crippen molar-refractivity contribution in [2.45, 2.75) is 65.5 Å². The second-order valence-electron chi connectivity index (χ2n) is 11.5. The van der Waals surface area contributed by atoms with Gasteiger partial charge in [0.2, 0.25) is 5.62 Å². The van der Waals surface area contributed by atoms with Gasteiger partial charge in [-0.1, -0.05) is 71.9 Å². The van der Waals surface area contributed by atoms with Gasteiger partial charge < -0.3 is 20.0 Å². The Morgan fingerprint density at radius 1 is 0.842 bits per heavy atom. The van der Waals surface area contributed by atoms with Crippen molar-refractivity contribution in [1.29, 1.82) is 5.41 Å². The summed E-state index contributed by atoms with van der Waals surface area (Å²) >= 11 is 0. The van der Waals surface area contributed by atoms with Crippen LogP contribution in [0.4, 0.5) is 5.69 Å². The van der Waals surface area contributed by atoms with Gasteiger partial charge in [0, 0.05) is 22.4 Å². The molecule has 0 aliphatic heterocycles. The number of Topliss-reactive ketones (excluding diaryl/α,β-unsaturated/α-hetero) is 1. The summed E-state index contributed by atoms with van der Waals surface area (Å²) in [4.78, 5) is 13.7. The molecule has 4 N–H and O–H groups in total. The number of anilines is 1. The number of aromatic nitrogens is 2. The lowest BCUT2D eigenvalue weighted by molar-refractivity contribution is 0.0971. The lowest BCUT2D eigenvalue weighted by atomic mass is 9.78. The van der Waals surface area contributed by atoms with E-state index in [0.29, 0.717) is 17.8 Å². The van der Waals surface area contributed by atoms with Crippen molar-refractivity contribution in [2.24, 2.45) is 0 Å². The number of aromatic hydroxyl groups is 1. The van der Waals surface area contributed by atoms with Crippen LogP contribution in [0.2, 0.25) is 0 Å². The highest BCUT2D eigenvalue weighted by molar-refractivity contribution is 5.97. The molecule has 8 heteroatoms. The van der Waals surface area contributed by atoms with Crippen LogP contribution in [0.15, 0.2) is 60.7 Å². The Labute approximate surface area is 236 Å². The van der Waals surface area contributed by atoms with Crippen LogP contribution in [0.25, 0.3) is 11.0 Å². The first-order valence-corrected chi connectivity index (χ1v) is 12.3. The van der Waals surface area contributed by atoms with Crippen molar-refractivity contribution in [3.63, 3.8) is 0 Å². The van der Waals surface area contributed by atoms with Gasteiger partial charge in [-0.25, -0.2) is 0 Å². The van der Waals surface area contributed by atoms with E-state index >= 15 is 0 Å². The quantitative estimate of drug-likeness (QED) is 0.191. The van der Waals surface area contributed by atoms with E-state index in [1.165, 1.54) is 0 Å². The van der Waals surface area contributed by atoms with Gasteiger partial charge in [-0.15, -0.1) is 24.8 Å². The summed E-state index contributed by atoms with van der Waals surface area (Å²) in [5.74, 6) is 0.143. The molecule has 0 aliphatic carbocycles. The van der Waals surface area contributed by atoms with Crippen LogP contribution in [-0.2, 0) is 23.9 Å². The van der Waals surface area contributed by atoms with Crippen LogP contribution in [0.1, 0.15) is 68.6 Å². The Morgan fingerprint density at radius 2 is 1.32 bits per heavy atom. The Kier molecular flexibility index (Phi) is 9.18. The lowest BCUT2D eigenvalue weighted by Crippen LogP contribution is -2.28. The fourth-order valence-corrected chi connectivity index (χ4v) is 4.64. The number of halogens is 2. The predicted molar refractivity (Wildman–Crippen MR) is 160 cm³/mol. The first-order chi connectivity index (χ1) is 16.8. The van der Waals surface area contributed by atoms with E-state index in [1.54, 1.807) is 16.7 Å². The third-order valence-electron chi connectivity index (χ3n) is 6.71. The number of rotatable bonds is 5. The molecule has 0 saturated carbocycles. The van der Waals surface area contributed by atoms with E-state index in [-0.39, 0.29) is 59.3 Å². The summed E-state index contributed by atoms with van der Waals surface area (Å²) < 4.78 is 3.63. The number of nitrogens with one attached hydrogen (secondary N) is 1. The molecular formula is C30H38Cl2N4O2. The summed E-state index contributed by atoms with van der Waals surface area (Å²) in [6.07, 6.45) is 0. The van der Waals surface area contributed by atoms with Crippen LogP contribution in [0.5, 0.6) is 5.75 Å². The van der Waals surface area contributed by atoms with Gasteiger partial charge in [0.05, 0.1) is 24.1 Å². The number of ketones is 1. The first kappa shape index (κ1) is 31.0. The van der Waals surface area contributed by atoms with Crippen LogP contribution in [0.3, 0.4) is 0 Å². The Hall–Kier alpha value is -3.22. The van der Waals surface area contributed by atoms with Crippen molar-refractivity contribution in [3.05, 3.63) is 88.5 Å². The number of nitrogen functional groups attached to an aromatic ring is 1. The highest BCUT2D eigenvalue weighted by Gasteiger charge is 2.28. The topological polar surface area (TPSA) is 97.0 Å². The first-order valence-electron chi connectivity index (χ1n) is 12.3. The highest BCUT2D eigenvalue weighted by atomic mass is 35.5. The minimum absolute atomic E-state index is 0. The van der Waals surface area contributed by atoms with Crippen LogP contribution < -0.4 is 11.4 Å². The van der Waals surface area contributed by atoms with E-state index in [4.69, 9.17) is 11.1 Å². The smallest absolute Gasteiger partial charge is 0.203 e. The zero-order chi connectivity index (χ0) is 26.4. The largest absolute Gasteiger partial charge is 0.507 e. The maximum atomic E-state index is 13.7. The number of fused-ring (bicyclic) bond motifs is 1. The maximum Gasteiger partial charge on any atom is 0.203 e. The van der Waals surface area contributed by atoms with Crippen LogP contribution in [-0.4, -0.2) is 20.0 Å². The molecule has 38 heavy (non-hydrogen) atoms. The fraction of sp³-hybridized carbons (Fsp3) is 0.333. The number of imidazole rings is 1. The molecule has 0 bridgehead atoms. The number of phenolic OH excluding ortho intramolecular Hbond substituents is 1. The van der Waals surface area contributed by atoms with Gasteiger partial charge in [-0.3, -0.25) is 10.2 Å². The number of carbonyl (C=O) groups excluding carboxylic acids is 1. The lowest BCUT2D eigenvalue weighted by Gasteiger charge is -2.28. The Bertz CT molecular complexity index is 1490. The minimum atomic E-state index is -0.334. The number of nitrogens with two attached hydrogens (primary N) is 1. The van der Waals surface area contributed by atoms with E-state index < -0.39 is 0 Å². The number of nitrogens with zero attached hydrogens (tertiary/aromatic N) is 2. The standard InChI is InChI=1S/C30H36N4O2.2ClH/c1-29(2,3)21-15-20(16-22(27(21)36)30(4,5)6)26(35)18-34-25-14-10-9-13-24(25)33(28(34)32)17-19-11-7-8-12-23(19)31;;/h7-16,32,36H,17-18,31H2,1-6H3;2*1H. The van der Waals surface area contributed by atoms with E-state index in [1.807, 2.05) is 94.6 Å². The molecule has 0 unspecified atom stereocenters. The van der Waals surface area contributed by atoms with Crippen molar-refractivity contribution < 1.29 is 9.90 Å². The van der Waals surface area contributed by atoms with Crippen molar-refractivity contribution >= 4 is 47.3 Å².